The number of hydrogen-bond donors (Lipinski definition) is 2. The van der Waals surface area contributed by atoms with Gasteiger partial charge >= 0.3 is 5.97 Å². The highest BCUT2D eigenvalue weighted by atomic mass is 32.2. The number of carbonyl (C=O) groups is 1. The monoisotopic (exact) mass is 291 g/mol. The van der Waals surface area contributed by atoms with E-state index in [9.17, 15) is 13.2 Å². The van der Waals surface area contributed by atoms with Gasteiger partial charge in [-0.2, -0.15) is 0 Å². The van der Waals surface area contributed by atoms with Crippen molar-refractivity contribution in [3.8, 4) is 0 Å². The quantitative estimate of drug-likeness (QED) is 0.807. The van der Waals surface area contributed by atoms with E-state index in [0.717, 1.165) is 0 Å². The van der Waals surface area contributed by atoms with E-state index >= 15 is 0 Å². The van der Waals surface area contributed by atoms with Gasteiger partial charge in [0.25, 0.3) is 0 Å². The molecule has 1 rings (SSSR count). The lowest BCUT2D eigenvalue weighted by atomic mass is 10.2. The Balaban J connectivity index is 3.18. The maximum absolute atomic E-state index is 12.1. The van der Waals surface area contributed by atoms with E-state index in [1.807, 2.05) is 0 Å². The van der Waals surface area contributed by atoms with Gasteiger partial charge in [-0.1, -0.05) is 0 Å². The second-order valence-corrected chi connectivity index (χ2v) is 5.83. The van der Waals surface area contributed by atoms with E-state index in [2.05, 4.69) is 4.72 Å². The van der Waals surface area contributed by atoms with Crippen LogP contribution in [0.25, 0.3) is 0 Å². The highest BCUT2D eigenvalue weighted by Gasteiger charge is 2.30. The van der Waals surface area contributed by atoms with Crippen molar-refractivity contribution >= 4 is 16.0 Å². The molecule has 19 heavy (non-hydrogen) atoms. The molecule has 0 amide bonds. The predicted octanol–water partition coefficient (Wildman–Crippen LogP) is 0.908. The van der Waals surface area contributed by atoms with Crippen LogP contribution in [0.15, 0.2) is 9.31 Å². The van der Waals surface area contributed by atoms with Crippen molar-refractivity contribution in [2.24, 2.45) is 0 Å². The first-order chi connectivity index (χ1) is 8.70. The lowest BCUT2D eigenvalue weighted by Gasteiger charge is -2.11. The highest BCUT2D eigenvalue weighted by molar-refractivity contribution is 7.89. The fourth-order valence-corrected chi connectivity index (χ4v) is 3.14. The van der Waals surface area contributed by atoms with Crippen molar-refractivity contribution in [1.29, 1.82) is 0 Å². The molecule has 0 aromatic carbocycles. The van der Waals surface area contributed by atoms with Crippen molar-refractivity contribution in [3.05, 3.63) is 17.1 Å². The molecule has 0 saturated carbocycles. The summed E-state index contributed by atoms with van der Waals surface area (Å²) in [6.45, 7) is 4.55. The molecule has 0 aliphatic carbocycles. The molecule has 0 fully saturated rings. The largest absolute Gasteiger partial charge is 0.478 e. The van der Waals surface area contributed by atoms with Gasteiger partial charge in [0.1, 0.15) is 22.0 Å². The second kappa shape index (κ2) is 5.72. The average Bonchev–Trinajstić information content (AvgIpc) is 2.61. The van der Waals surface area contributed by atoms with Crippen LogP contribution in [0.4, 0.5) is 0 Å². The zero-order chi connectivity index (χ0) is 14.8. The fraction of sp³-hybridized carbons (Fsp3) is 0.545. The molecule has 1 atom stereocenters. The Morgan fingerprint density at radius 1 is 1.42 bits per heavy atom. The number of furan rings is 1. The number of carboxylic acid groups (broad SMARTS) is 1. The van der Waals surface area contributed by atoms with Gasteiger partial charge in [0.05, 0.1) is 6.10 Å². The number of carboxylic acids is 1. The Morgan fingerprint density at radius 2 is 2.00 bits per heavy atom. The van der Waals surface area contributed by atoms with Crippen molar-refractivity contribution in [2.45, 2.75) is 31.8 Å². The van der Waals surface area contributed by atoms with Crippen molar-refractivity contribution < 1.29 is 27.5 Å². The van der Waals surface area contributed by atoms with Gasteiger partial charge in [-0.25, -0.2) is 17.9 Å². The van der Waals surface area contributed by atoms with Crippen molar-refractivity contribution in [1.82, 2.24) is 4.72 Å². The van der Waals surface area contributed by atoms with E-state index in [0.29, 0.717) is 0 Å². The Morgan fingerprint density at radius 3 is 2.47 bits per heavy atom. The first kappa shape index (κ1) is 15.7. The summed E-state index contributed by atoms with van der Waals surface area (Å²) in [6, 6.07) is 0. The van der Waals surface area contributed by atoms with Gasteiger partial charge in [0, 0.05) is 13.7 Å². The predicted molar refractivity (Wildman–Crippen MR) is 66.8 cm³/mol. The topological polar surface area (TPSA) is 106 Å². The summed E-state index contributed by atoms with van der Waals surface area (Å²) in [5.74, 6) is -1.23. The normalized spacial score (nSPS) is 13.5. The third kappa shape index (κ3) is 3.34. The molecule has 0 aliphatic heterocycles. The SMILES string of the molecule is COC(C)CNS(=O)(=O)c1c(C)oc(C)c1C(=O)O. The molecule has 1 aromatic heterocycles. The lowest BCUT2D eigenvalue weighted by molar-refractivity contribution is 0.0691. The Bertz CT molecular complexity index is 574. The Kier molecular flexibility index (Phi) is 4.72. The zero-order valence-electron chi connectivity index (χ0n) is 11.2. The standard InChI is InChI=1S/C11H17NO6S/c1-6(17-4)5-12-19(15,16)10-8(3)18-7(2)9(10)11(13)14/h6,12H,5H2,1-4H3,(H,13,14). The summed E-state index contributed by atoms with van der Waals surface area (Å²) in [7, 11) is -2.50. The van der Waals surface area contributed by atoms with Crippen LogP contribution in [0.2, 0.25) is 0 Å². The third-order valence-corrected chi connectivity index (χ3v) is 4.23. The zero-order valence-corrected chi connectivity index (χ0v) is 12.0. The van der Waals surface area contributed by atoms with Gasteiger partial charge in [0.2, 0.25) is 10.0 Å². The van der Waals surface area contributed by atoms with E-state index in [1.165, 1.54) is 21.0 Å². The summed E-state index contributed by atoms with van der Waals surface area (Å²) < 4.78 is 36.6. The van der Waals surface area contributed by atoms with E-state index in [4.69, 9.17) is 14.3 Å². The smallest absolute Gasteiger partial charge is 0.340 e. The molecule has 108 valence electrons. The number of rotatable bonds is 6. The van der Waals surface area contributed by atoms with Gasteiger partial charge in [-0.3, -0.25) is 0 Å². The van der Waals surface area contributed by atoms with Crippen LogP contribution in [0.5, 0.6) is 0 Å². The molecule has 2 N–H and O–H groups in total. The minimum Gasteiger partial charge on any atom is -0.478 e. The Hall–Kier alpha value is -1.38. The Labute approximate surface area is 111 Å². The molecule has 0 radical (unpaired) electrons. The molecule has 0 aliphatic rings. The summed E-state index contributed by atoms with van der Waals surface area (Å²) in [6.07, 6.45) is -0.323. The summed E-state index contributed by atoms with van der Waals surface area (Å²) in [4.78, 5) is 10.8. The molecule has 1 aromatic rings. The molecule has 0 saturated heterocycles. The molecular weight excluding hydrogens is 274 g/mol. The first-order valence-electron chi connectivity index (χ1n) is 5.56. The number of nitrogens with one attached hydrogen (secondary N) is 1. The van der Waals surface area contributed by atoms with Crippen molar-refractivity contribution in [3.63, 3.8) is 0 Å². The van der Waals surface area contributed by atoms with Crippen LogP contribution in [-0.4, -0.2) is 39.3 Å². The van der Waals surface area contributed by atoms with Gasteiger partial charge in [0.15, 0.2) is 0 Å². The molecule has 1 heterocycles. The number of sulfonamides is 1. The third-order valence-electron chi connectivity index (χ3n) is 2.65. The summed E-state index contributed by atoms with van der Waals surface area (Å²) >= 11 is 0. The minimum atomic E-state index is -3.96. The summed E-state index contributed by atoms with van der Waals surface area (Å²) in [5, 5.41) is 9.07. The van der Waals surface area contributed by atoms with E-state index < -0.39 is 16.0 Å². The minimum absolute atomic E-state index is 0.0432. The lowest BCUT2D eigenvalue weighted by Crippen LogP contribution is -2.32. The van der Waals surface area contributed by atoms with Crippen LogP contribution >= 0.6 is 0 Å². The molecule has 1 unspecified atom stereocenters. The van der Waals surface area contributed by atoms with Gasteiger partial charge in [-0.05, 0) is 20.8 Å². The van der Waals surface area contributed by atoms with E-state index in [-0.39, 0.29) is 34.6 Å². The summed E-state index contributed by atoms with van der Waals surface area (Å²) in [5.41, 5.74) is -0.338. The van der Waals surface area contributed by atoms with Crippen LogP contribution in [0, 0.1) is 13.8 Å². The number of ether oxygens (including phenoxy) is 1. The molecular formula is C11H17NO6S. The maximum atomic E-state index is 12.1. The number of hydrogen-bond acceptors (Lipinski definition) is 5. The van der Waals surface area contributed by atoms with Crippen LogP contribution < -0.4 is 4.72 Å². The molecule has 0 spiro atoms. The van der Waals surface area contributed by atoms with Crippen LogP contribution in [0.1, 0.15) is 28.8 Å². The number of aromatic carboxylic acids is 1. The van der Waals surface area contributed by atoms with Gasteiger partial charge < -0.3 is 14.3 Å². The number of aryl methyl sites for hydroxylation is 2. The maximum Gasteiger partial charge on any atom is 0.340 e. The van der Waals surface area contributed by atoms with Gasteiger partial charge in [-0.15, -0.1) is 0 Å². The number of methoxy groups -OCH3 is 1. The van der Waals surface area contributed by atoms with Crippen LogP contribution in [-0.2, 0) is 14.8 Å². The van der Waals surface area contributed by atoms with Crippen LogP contribution in [0.3, 0.4) is 0 Å². The first-order valence-corrected chi connectivity index (χ1v) is 7.04. The average molecular weight is 291 g/mol. The van der Waals surface area contributed by atoms with Crippen molar-refractivity contribution in [2.75, 3.05) is 13.7 Å². The molecule has 8 heteroatoms. The van der Waals surface area contributed by atoms with E-state index in [1.54, 1.807) is 6.92 Å². The fourth-order valence-electron chi connectivity index (χ4n) is 1.62. The molecule has 0 bridgehead atoms. The highest BCUT2D eigenvalue weighted by Crippen LogP contribution is 2.26. The molecule has 7 nitrogen and oxygen atoms in total. The second-order valence-electron chi connectivity index (χ2n) is 4.12.